The van der Waals surface area contributed by atoms with Crippen molar-refractivity contribution >= 4 is 67.3 Å². The highest BCUT2D eigenvalue weighted by Gasteiger charge is 2.17. The first-order valence-electron chi connectivity index (χ1n) is 6.14. The van der Waals surface area contributed by atoms with Crippen LogP contribution in [0.3, 0.4) is 0 Å². The van der Waals surface area contributed by atoms with Crippen molar-refractivity contribution in [3.05, 3.63) is 64.1 Å². The molecule has 8 heteroatoms. The minimum absolute atomic E-state index is 0.0223. The fourth-order valence-corrected chi connectivity index (χ4v) is 2.72. The third kappa shape index (κ3) is 6.34. The van der Waals surface area contributed by atoms with Crippen molar-refractivity contribution in [3.8, 4) is 0 Å². The molecule has 0 spiro atoms. The molecule has 0 radical (unpaired) electrons. The predicted molar refractivity (Wildman–Crippen MR) is 97.7 cm³/mol. The molecule has 0 unspecified atom stereocenters. The normalized spacial score (nSPS) is 10.6. The fourth-order valence-electron chi connectivity index (χ4n) is 1.61. The molecule has 0 saturated heterocycles. The van der Waals surface area contributed by atoms with Gasteiger partial charge in [0.25, 0.3) is 10.1 Å². The first-order chi connectivity index (χ1) is 10.8. The quantitative estimate of drug-likeness (QED) is 0.469. The van der Waals surface area contributed by atoms with Crippen LogP contribution in [0.1, 0.15) is 0 Å². The van der Waals surface area contributed by atoms with Gasteiger partial charge in [-0.2, -0.15) is 8.42 Å². The van der Waals surface area contributed by atoms with E-state index in [0.717, 1.165) is 5.39 Å². The molecule has 23 heavy (non-hydrogen) atoms. The first kappa shape index (κ1) is 20.3. The fraction of sp³-hybridized carbons (Fsp3) is 0.0667. The number of hydrogen-bond donors (Lipinski definition) is 0. The standard InChI is InChI=1S/C13H12O3S.C2Cl4/c1-2-10-16-17(14,15)13-9-5-7-11-6-3-4-8-12(11)13;3-1(4)2(5)6/h2-9H,1,10H2;. The van der Waals surface area contributed by atoms with Crippen LogP contribution in [0.25, 0.3) is 10.8 Å². The molecule has 0 amide bonds. The summed E-state index contributed by atoms with van der Waals surface area (Å²) in [5, 5.41) is 1.54. The minimum atomic E-state index is -3.72. The lowest BCUT2D eigenvalue weighted by atomic mass is 10.1. The van der Waals surface area contributed by atoms with Crippen LogP contribution in [0, 0.1) is 0 Å². The molecule has 0 fully saturated rings. The molecule has 0 aliphatic carbocycles. The predicted octanol–water partition coefficient (Wildman–Crippen LogP) is 5.80. The highest BCUT2D eigenvalue weighted by molar-refractivity contribution is 7.87. The Bertz CT molecular complexity index is 793. The van der Waals surface area contributed by atoms with Crippen molar-refractivity contribution in [2.24, 2.45) is 0 Å². The zero-order chi connectivity index (χ0) is 17.5. The van der Waals surface area contributed by atoms with E-state index in [1.807, 2.05) is 18.2 Å². The Morgan fingerprint density at radius 3 is 2.13 bits per heavy atom. The SMILES string of the molecule is C=CCOS(=O)(=O)c1cccc2ccccc12.ClC(Cl)=C(Cl)Cl. The van der Waals surface area contributed by atoms with Gasteiger partial charge in [-0.25, -0.2) is 0 Å². The summed E-state index contributed by atoms with van der Waals surface area (Å²) in [5.41, 5.74) is 0. The molecule has 3 nitrogen and oxygen atoms in total. The molecule has 0 N–H and O–H groups in total. The molecular formula is C15H12Cl4O3S. The van der Waals surface area contributed by atoms with E-state index in [1.54, 1.807) is 24.3 Å². The number of rotatable bonds is 4. The van der Waals surface area contributed by atoms with Crippen molar-refractivity contribution in [2.45, 2.75) is 4.90 Å². The van der Waals surface area contributed by atoms with Gasteiger partial charge in [-0.1, -0.05) is 88.9 Å². The molecule has 2 aromatic carbocycles. The first-order valence-corrected chi connectivity index (χ1v) is 9.06. The van der Waals surface area contributed by atoms with Crippen molar-refractivity contribution in [2.75, 3.05) is 6.61 Å². The van der Waals surface area contributed by atoms with Crippen molar-refractivity contribution < 1.29 is 12.6 Å². The summed E-state index contributed by atoms with van der Waals surface area (Å²) in [6.07, 6.45) is 1.41. The number of halogens is 4. The van der Waals surface area contributed by atoms with E-state index >= 15 is 0 Å². The minimum Gasteiger partial charge on any atom is -0.262 e. The molecule has 0 aliphatic rings. The summed E-state index contributed by atoms with van der Waals surface area (Å²) in [6.45, 7) is 3.41. The van der Waals surface area contributed by atoms with E-state index < -0.39 is 10.1 Å². The van der Waals surface area contributed by atoms with Gasteiger partial charge in [-0.3, -0.25) is 4.18 Å². The molecular weight excluding hydrogens is 402 g/mol. The Balaban J connectivity index is 0.000000379. The monoisotopic (exact) mass is 412 g/mol. The van der Waals surface area contributed by atoms with Gasteiger partial charge in [-0.05, 0) is 11.5 Å². The summed E-state index contributed by atoms with van der Waals surface area (Å²) in [5.74, 6) is 0. The van der Waals surface area contributed by atoms with Crippen LogP contribution in [0.2, 0.25) is 0 Å². The van der Waals surface area contributed by atoms with E-state index in [1.165, 1.54) is 6.08 Å². The molecule has 0 aliphatic heterocycles. The Morgan fingerprint density at radius 1 is 1.00 bits per heavy atom. The van der Waals surface area contributed by atoms with Gasteiger partial charge in [0.05, 0.1) is 6.61 Å². The van der Waals surface area contributed by atoms with Crippen molar-refractivity contribution in [3.63, 3.8) is 0 Å². The average Bonchev–Trinajstić information content (AvgIpc) is 2.53. The molecule has 0 saturated carbocycles. The number of fused-ring (bicyclic) bond motifs is 1. The van der Waals surface area contributed by atoms with Crippen molar-refractivity contribution in [1.29, 1.82) is 0 Å². The lowest BCUT2D eigenvalue weighted by molar-refractivity contribution is 0.358. The maximum atomic E-state index is 11.9. The van der Waals surface area contributed by atoms with Crippen LogP contribution in [-0.2, 0) is 14.3 Å². The summed E-state index contributed by atoms with van der Waals surface area (Å²) in [4.78, 5) is 0.192. The van der Waals surface area contributed by atoms with Gasteiger partial charge in [0, 0.05) is 5.39 Å². The van der Waals surface area contributed by atoms with Gasteiger partial charge in [0.15, 0.2) is 0 Å². The van der Waals surface area contributed by atoms with Gasteiger partial charge < -0.3 is 0 Å². The van der Waals surface area contributed by atoms with Crippen LogP contribution in [0.5, 0.6) is 0 Å². The topological polar surface area (TPSA) is 43.4 Å². The van der Waals surface area contributed by atoms with Gasteiger partial charge >= 0.3 is 0 Å². The Labute approximate surface area is 155 Å². The van der Waals surface area contributed by atoms with E-state index in [4.69, 9.17) is 50.6 Å². The highest BCUT2D eigenvalue weighted by Crippen LogP contribution is 2.24. The van der Waals surface area contributed by atoms with E-state index in [0.29, 0.717) is 5.39 Å². The zero-order valence-electron chi connectivity index (χ0n) is 11.7. The van der Waals surface area contributed by atoms with E-state index in [-0.39, 0.29) is 20.5 Å². The Hall–Kier alpha value is -0.750. The Kier molecular flexibility index (Phi) is 8.40. The maximum absolute atomic E-state index is 11.9. The molecule has 0 heterocycles. The Morgan fingerprint density at radius 2 is 1.57 bits per heavy atom. The molecule has 2 aromatic rings. The maximum Gasteiger partial charge on any atom is 0.297 e. The second-order valence-corrected chi connectivity index (χ2v) is 7.51. The van der Waals surface area contributed by atoms with Crippen LogP contribution in [-0.4, -0.2) is 15.0 Å². The third-order valence-electron chi connectivity index (χ3n) is 2.50. The molecule has 0 atom stereocenters. The molecule has 0 bridgehead atoms. The van der Waals surface area contributed by atoms with Gasteiger partial charge in [0.2, 0.25) is 0 Å². The average molecular weight is 414 g/mol. The number of hydrogen-bond acceptors (Lipinski definition) is 3. The van der Waals surface area contributed by atoms with Crippen LogP contribution in [0.4, 0.5) is 0 Å². The largest absolute Gasteiger partial charge is 0.297 e. The summed E-state index contributed by atoms with van der Waals surface area (Å²) in [7, 11) is -3.72. The summed E-state index contributed by atoms with van der Waals surface area (Å²) < 4.78 is 28.5. The number of benzene rings is 2. The van der Waals surface area contributed by atoms with Crippen LogP contribution in [0.15, 0.2) is 69.0 Å². The molecule has 124 valence electrons. The van der Waals surface area contributed by atoms with Crippen molar-refractivity contribution in [1.82, 2.24) is 0 Å². The van der Waals surface area contributed by atoms with E-state index in [9.17, 15) is 8.42 Å². The summed E-state index contributed by atoms with van der Waals surface area (Å²) >= 11 is 20.0. The second kappa shape index (κ2) is 9.52. The summed E-state index contributed by atoms with van der Waals surface area (Å²) in [6, 6.07) is 12.4. The highest BCUT2D eigenvalue weighted by atomic mass is 35.5. The smallest absolute Gasteiger partial charge is 0.262 e. The van der Waals surface area contributed by atoms with Gasteiger partial charge in [-0.15, -0.1) is 6.58 Å². The molecule has 0 aromatic heterocycles. The zero-order valence-corrected chi connectivity index (χ0v) is 15.5. The lowest BCUT2D eigenvalue weighted by Gasteiger charge is -2.06. The van der Waals surface area contributed by atoms with Crippen LogP contribution < -0.4 is 0 Å². The second-order valence-electron chi connectivity index (χ2n) is 4.03. The molecule has 2 rings (SSSR count). The third-order valence-corrected chi connectivity index (χ3v) is 4.99. The van der Waals surface area contributed by atoms with Gasteiger partial charge in [0.1, 0.15) is 13.9 Å². The van der Waals surface area contributed by atoms with E-state index in [2.05, 4.69) is 6.58 Å². The van der Waals surface area contributed by atoms with Crippen LogP contribution >= 0.6 is 46.4 Å². The lowest BCUT2D eigenvalue weighted by Crippen LogP contribution is -2.06.